The maximum Gasteiger partial charge on any atom is 1.00 e. The predicted molar refractivity (Wildman–Crippen MR) is 149 cm³/mol. The van der Waals surface area contributed by atoms with Gasteiger partial charge in [-0.25, -0.2) is 0 Å². The Morgan fingerprint density at radius 1 is 1.05 bits per heavy atom. The van der Waals surface area contributed by atoms with Gasteiger partial charge in [-0.2, -0.15) is 13.5 Å². The molecule has 0 aliphatic rings. The minimum Gasteiger partial charge on any atom is -0.870 e. The summed E-state index contributed by atoms with van der Waals surface area (Å²) in [6.45, 7) is 3.93. The molecule has 0 saturated heterocycles. The number of aryl methyl sites for hydroxylation is 1. The Kier molecular flexibility index (Phi) is 10.6. The molecule has 1 amide bonds. The third-order valence-electron chi connectivity index (χ3n) is 5.78. The quantitative estimate of drug-likeness (QED) is 0.175. The fraction of sp³-hybridized carbons (Fsp3) is 0.148. The van der Waals surface area contributed by atoms with Gasteiger partial charge in [0.05, 0.1) is 18.0 Å². The number of amides is 1. The number of azo groups is 1. The molecule has 0 atom stereocenters. The Balaban J connectivity index is 0.00000441. The van der Waals surface area contributed by atoms with Crippen LogP contribution in [0.2, 0.25) is 10.0 Å². The second kappa shape index (κ2) is 13.3. The fourth-order valence-corrected chi connectivity index (χ4v) is 5.06. The Morgan fingerprint density at radius 2 is 1.77 bits per heavy atom. The standard InChI is InChI=1S/C27H23Cl2N3O6S.Na/c1-3-15-13-23(39(35,36)37)21(14-19(15)28)31-32-25-17-9-6-5-8-16(17)12-18(26(25)33)27(34)30-20-10-7-11-22(24(20)29)38-4-2;/h5-14,33H,3-4H2,1-2H3,(H,30,34)(H,35,36,37);/q;+1/p-1. The summed E-state index contributed by atoms with van der Waals surface area (Å²) in [5.74, 6) is -1.13. The fourth-order valence-electron chi connectivity index (χ4n) is 3.89. The number of hydrogen-bond acceptors (Lipinski definition) is 7. The van der Waals surface area contributed by atoms with E-state index in [1.165, 1.54) is 18.2 Å². The minimum atomic E-state index is -4.69. The van der Waals surface area contributed by atoms with Crippen molar-refractivity contribution in [3.63, 3.8) is 0 Å². The molecular weight excluding hydrogens is 588 g/mol. The van der Waals surface area contributed by atoms with Gasteiger partial charge in [-0.05, 0) is 54.6 Å². The van der Waals surface area contributed by atoms with E-state index in [1.807, 2.05) is 0 Å². The predicted octanol–water partition coefficient (Wildman–Crippen LogP) is 4.10. The first kappa shape index (κ1) is 31.8. The number of halogens is 2. The Hall–Kier alpha value is -2.70. The Labute approximate surface area is 263 Å². The molecule has 0 radical (unpaired) electrons. The second-order valence-electron chi connectivity index (χ2n) is 8.27. The van der Waals surface area contributed by atoms with Gasteiger partial charge in [0, 0.05) is 16.0 Å². The second-order valence-corrected chi connectivity index (χ2v) is 10.4. The van der Waals surface area contributed by atoms with E-state index in [-0.39, 0.29) is 62.2 Å². The average molecular weight is 610 g/mol. The summed E-state index contributed by atoms with van der Waals surface area (Å²) in [4.78, 5) is 12.7. The van der Waals surface area contributed by atoms with E-state index >= 15 is 0 Å². The van der Waals surface area contributed by atoms with Crippen molar-refractivity contribution >= 4 is 67.1 Å². The molecule has 0 fully saturated rings. The molecule has 4 aromatic carbocycles. The molecule has 0 saturated carbocycles. The number of carbonyl (C=O) groups is 1. The molecule has 0 heterocycles. The van der Waals surface area contributed by atoms with Crippen LogP contribution in [0.15, 0.2) is 75.8 Å². The van der Waals surface area contributed by atoms with Crippen LogP contribution in [0.5, 0.6) is 11.5 Å². The third kappa shape index (κ3) is 6.77. The molecule has 0 aliphatic carbocycles. The maximum absolute atomic E-state index is 13.5. The van der Waals surface area contributed by atoms with Crippen LogP contribution >= 0.6 is 23.2 Å². The summed E-state index contributed by atoms with van der Waals surface area (Å²) in [6.07, 6.45) is 0.406. The van der Waals surface area contributed by atoms with Crippen LogP contribution in [-0.4, -0.2) is 25.5 Å². The summed E-state index contributed by atoms with van der Waals surface area (Å²) >= 11 is 12.6. The number of hydrogen-bond donors (Lipinski definition) is 2. The minimum absolute atomic E-state index is 0. The van der Waals surface area contributed by atoms with Crippen molar-refractivity contribution in [3.8, 4) is 11.5 Å². The van der Waals surface area contributed by atoms with Gasteiger partial charge < -0.3 is 15.2 Å². The van der Waals surface area contributed by atoms with E-state index < -0.39 is 26.7 Å². The van der Waals surface area contributed by atoms with Crippen molar-refractivity contribution in [1.82, 2.24) is 0 Å². The third-order valence-corrected chi connectivity index (χ3v) is 7.40. The summed E-state index contributed by atoms with van der Waals surface area (Å²) in [6, 6.07) is 15.4. The van der Waals surface area contributed by atoms with Crippen LogP contribution in [0.1, 0.15) is 29.8 Å². The van der Waals surface area contributed by atoms with E-state index in [0.29, 0.717) is 35.1 Å². The number of rotatable bonds is 8. The van der Waals surface area contributed by atoms with Gasteiger partial charge in [-0.15, -0.1) is 5.11 Å². The van der Waals surface area contributed by atoms with Crippen LogP contribution in [0, 0.1) is 0 Å². The molecule has 40 heavy (non-hydrogen) atoms. The maximum atomic E-state index is 13.5. The zero-order chi connectivity index (χ0) is 28.3. The Morgan fingerprint density at radius 3 is 2.45 bits per heavy atom. The molecule has 0 aliphatic heterocycles. The van der Waals surface area contributed by atoms with Gasteiger partial charge in [0.1, 0.15) is 21.4 Å². The van der Waals surface area contributed by atoms with Gasteiger partial charge in [0.15, 0.2) is 0 Å². The number of nitrogens with one attached hydrogen (secondary N) is 1. The van der Waals surface area contributed by atoms with Gasteiger partial charge in [-0.3, -0.25) is 9.35 Å². The van der Waals surface area contributed by atoms with Crippen molar-refractivity contribution < 1.29 is 57.2 Å². The zero-order valence-corrected chi connectivity index (χ0v) is 26.1. The van der Waals surface area contributed by atoms with Crippen LogP contribution in [0.25, 0.3) is 10.8 Å². The van der Waals surface area contributed by atoms with Crippen LogP contribution in [0.3, 0.4) is 0 Å². The van der Waals surface area contributed by atoms with Crippen LogP contribution in [-0.2, 0) is 16.5 Å². The average Bonchev–Trinajstić information content (AvgIpc) is 2.89. The molecule has 202 valence electrons. The van der Waals surface area contributed by atoms with E-state index in [4.69, 9.17) is 27.9 Å². The summed E-state index contributed by atoms with van der Waals surface area (Å²) < 4.78 is 39.2. The van der Waals surface area contributed by atoms with E-state index in [2.05, 4.69) is 15.5 Å². The normalized spacial score (nSPS) is 11.4. The van der Waals surface area contributed by atoms with E-state index in [9.17, 15) is 22.9 Å². The Bertz CT molecular complexity index is 1730. The van der Waals surface area contributed by atoms with Gasteiger partial charge in [-0.1, -0.05) is 66.2 Å². The molecule has 13 heteroatoms. The first-order valence-corrected chi connectivity index (χ1v) is 13.9. The first-order chi connectivity index (χ1) is 18.5. The summed E-state index contributed by atoms with van der Waals surface area (Å²) in [5, 5.41) is 25.4. The smallest absolute Gasteiger partial charge is 0.870 e. The topological polar surface area (TPSA) is 140 Å². The number of fused-ring (bicyclic) bond motifs is 1. The van der Waals surface area contributed by atoms with Gasteiger partial charge >= 0.3 is 29.6 Å². The van der Waals surface area contributed by atoms with Crippen molar-refractivity contribution in [2.75, 3.05) is 11.9 Å². The zero-order valence-electron chi connectivity index (χ0n) is 21.7. The number of carbonyl (C=O) groups excluding carboxylic acids is 1. The number of anilines is 1. The van der Waals surface area contributed by atoms with Gasteiger partial charge in [0.2, 0.25) is 0 Å². The molecule has 0 bridgehead atoms. The van der Waals surface area contributed by atoms with Crippen LogP contribution in [0.4, 0.5) is 17.1 Å². The summed E-state index contributed by atoms with van der Waals surface area (Å²) in [7, 11) is -4.69. The molecule has 0 unspecified atom stereocenters. The van der Waals surface area contributed by atoms with E-state index in [0.717, 1.165) is 0 Å². The molecule has 9 nitrogen and oxygen atoms in total. The number of nitrogens with zero attached hydrogens (tertiary/aromatic N) is 2. The van der Waals surface area contributed by atoms with E-state index in [1.54, 1.807) is 56.3 Å². The van der Waals surface area contributed by atoms with Crippen molar-refractivity contribution in [1.29, 1.82) is 0 Å². The molecule has 4 aromatic rings. The largest absolute Gasteiger partial charge is 1.00 e. The van der Waals surface area contributed by atoms with Crippen LogP contribution < -0.4 is 44.7 Å². The number of ether oxygens (including phenoxy) is 1. The summed E-state index contributed by atoms with van der Waals surface area (Å²) in [5.41, 5.74) is 0.00703. The van der Waals surface area contributed by atoms with Crippen molar-refractivity contribution in [3.05, 3.63) is 81.8 Å². The number of benzene rings is 4. The first-order valence-electron chi connectivity index (χ1n) is 11.7. The molecule has 0 spiro atoms. The van der Waals surface area contributed by atoms with Crippen molar-refractivity contribution in [2.24, 2.45) is 10.2 Å². The monoisotopic (exact) mass is 609 g/mol. The molecule has 0 aromatic heterocycles. The van der Waals surface area contributed by atoms with Crippen molar-refractivity contribution in [2.45, 2.75) is 25.2 Å². The molecule has 4 rings (SSSR count). The van der Waals surface area contributed by atoms with Gasteiger partial charge in [0.25, 0.3) is 16.0 Å². The molecule has 2 N–H and O–H groups in total. The SMILES string of the molecule is CCOc1cccc(NC(=O)c2cc3ccccc3c(N=Nc3cc(Cl)c(CC)cc3S(=O)(=O)O)c2[O-])c1Cl.[Na+]. The molecular formula is C27H22Cl2N3NaO6S.